The highest BCUT2D eigenvalue weighted by Crippen LogP contribution is 2.32. The lowest BCUT2D eigenvalue weighted by molar-refractivity contribution is 0.0144. The Morgan fingerprint density at radius 2 is 2.15 bits per heavy atom. The third-order valence-corrected chi connectivity index (χ3v) is 7.17. The number of aromatic amines is 1. The van der Waals surface area contributed by atoms with Crippen molar-refractivity contribution in [3.8, 4) is 0 Å². The number of nitrogens with zero attached hydrogens (tertiary/aromatic N) is 3. The lowest BCUT2D eigenvalue weighted by atomic mass is 10.0. The molecule has 0 aliphatic carbocycles. The van der Waals surface area contributed by atoms with Crippen LogP contribution in [0.15, 0.2) is 35.1 Å². The van der Waals surface area contributed by atoms with Crippen molar-refractivity contribution in [2.24, 2.45) is 0 Å². The van der Waals surface area contributed by atoms with Gasteiger partial charge in [-0.2, -0.15) is 0 Å². The monoisotopic (exact) mass is 486 g/mol. The van der Waals surface area contributed by atoms with Gasteiger partial charge in [0, 0.05) is 51.3 Å². The van der Waals surface area contributed by atoms with Crippen LogP contribution in [0.1, 0.15) is 28.8 Å². The number of fused-ring (bicyclic) bond motifs is 3. The zero-order valence-corrected chi connectivity index (χ0v) is 20.8. The zero-order valence-electron chi connectivity index (χ0n) is 20.0. The fourth-order valence-corrected chi connectivity index (χ4v) is 5.70. The molecular weight excluding hydrogens is 452 g/mol. The van der Waals surface area contributed by atoms with E-state index in [1.54, 1.807) is 18.4 Å². The van der Waals surface area contributed by atoms with Crippen LogP contribution in [0.25, 0.3) is 10.2 Å². The summed E-state index contributed by atoms with van der Waals surface area (Å²) in [5, 5.41) is 11.0. The number of methoxy groups -OCH3 is 1. The number of aromatic nitrogens is 2. The van der Waals surface area contributed by atoms with Crippen molar-refractivity contribution in [1.29, 1.82) is 0 Å². The molecule has 0 spiro atoms. The quantitative estimate of drug-likeness (QED) is 0.406. The summed E-state index contributed by atoms with van der Waals surface area (Å²) in [6.07, 6.45) is 0.243. The zero-order chi connectivity index (χ0) is 23.9. The molecular formula is C25H34N4O4S. The molecule has 1 aromatic carbocycles. The van der Waals surface area contributed by atoms with Gasteiger partial charge < -0.3 is 19.6 Å². The molecule has 0 unspecified atom stereocenters. The van der Waals surface area contributed by atoms with E-state index < -0.39 is 6.10 Å². The summed E-state index contributed by atoms with van der Waals surface area (Å²) in [6, 6.07) is 10.5. The van der Waals surface area contributed by atoms with Crippen LogP contribution in [0.3, 0.4) is 0 Å². The van der Waals surface area contributed by atoms with E-state index in [0.29, 0.717) is 38.7 Å². The van der Waals surface area contributed by atoms with Gasteiger partial charge in [0.15, 0.2) is 0 Å². The maximum Gasteiger partial charge on any atom is 0.259 e. The highest BCUT2D eigenvalue weighted by Gasteiger charge is 2.24. The highest BCUT2D eigenvalue weighted by molar-refractivity contribution is 7.18. The van der Waals surface area contributed by atoms with E-state index in [1.807, 2.05) is 17.9 Å². The highest BCUT2D eigenvalue weighted by atomic mass is 32.1. The number of rotatable bonds is 12. The molecule has 2 N–H and O–H groups in total. The van der Waals surface area contributed by atoms with Crippen LogP contribution < -0.4 is 5.56 Å². The predicted octanol–water partition coefficient (Wildman–Crippen LogP) is 2.39. The topological polar surface area (TPSA) is 90.9 Å². The first-order valence-corrected chi connectivity index (χ1v) is 12.7. The molecule has 3 heterocycles. The van der Waals surface area contributed by atoms with Gasteiger partial charge in [-0.1, -0.05) is 30.3 Å². The molecule has 8 nitrogen and oxygen atoms in total. The predicted molar refractivity (Wildman–Crippen MR) is 134 cm³/mol. The summed E-state index contributed by atoms with van der Waals surface area (Å²) < 4.78 is 10.6. The van der Waals surface area contributed by atoms with Crippen molar-refractivity contribution in [2.75, 3.05) is 46.6 Å². The second-order valence-electron chi connectivity index (χ2n) is 8.68. The van der Waals surface area contributed by atoms with Crippen molar-refractivity contribution in [2.45, 2.75) is 39.1 Å². The second kappa shape index (κ2) is 12.0. The molecule has 1 aliphatic heterocycles. The first-order valence-electron chi connectivity index (χ1n) is 11.8. The smallest absolute Gasteiger partial charge is 0.259 e. The number of aliphatic hydroxyl groups is 1. The summed E-state index contributed by atoms with van der Waals surface area (Å²) in [7, 11) is 1.65. The number of H-pyrrole nitrogens is 1. The van der Waals surface area contributed by atoms with Crippen molar-refractivity contribution in [3.63, 3.8) is 0 Å². The lowest BCUT2D eigenvalue weighted by Crippen LogP contribution is -2.37. The van der Waals surface area contributed by atoms with Gasteiger partial charge in [0.05, 0.1) is 31.2 Å². The minimum atomic E-state index is -0.614. The van der Waals surface area contributed by atoms with E-state index in [2.05, 4.69) is 34.1 Å². The molecule has 0 saturated carbocycles. The summed E-state index contributed by atoms with van der Waals surface area (Å²) in [5.74, 6) is 0.608. The Balaban J connectivity index is 1.50. The van der Waals surface area contributed by atoms with Crippen LogP contribution in [0, 0.1) is 0 Å². The molecule has 3 aromatic rings. The Bertz CT molecular complexity index is 1120. The molecule has 9 heteroatoms. The fraction of sp³-hybridized carbons (Fsp3) is 0.520. The van der Waals surface area contributed by atoms with E-state index >= 15 is 0 Å². The SMILES string of the molecule is CCOC[C@@H](O)CN(CCOC)Cc1nc2sc3c(c2c(=O)[nH]1)CCN(Cc1ccccc1)C3. The van der Waals surface area contributed by atoms with Gasteiger partial charge in [-0.3, -0.25) is 14.6 Å². The summed E-state index contributed by atoms with van der Waals surface area (Å²) >= 11 is 1.63. The van der Waals surface area contributed by atoms with Gasteiger partial charge in [-0.25, -0.2) is 4.98 Å². The van der Waals surface area contributed by atoms with Crippen LogP contribution in [0.2, 0.25) is 0 Å². The van der Waals surface area contributed by atoms with E-state index in [0.717, 1.165) is 41.8 Å². The molecule has 0 bridgehead atoms. The number of nitrogens with one attached hydrogen (secondary N) is 1. The number of ether oxygens (including phenoxy) is 2. The molecule has 0 fully saturated rings. The molecule has 0 amide bonds. The Labute approximate surface area is 204 Å². The Hall–Kier alpha value is -2.14. The van der Waals surface area contributed by atoms with E-state index in [4.69, 9.17) is 14.5 Å². The Morgan fingerprint density at radius 1 is 1.32 bits per heavy atom. The fourth-order valence-electron chi connectivity index (χ4n) is 4.42. The molecule has 1 aliphatic rings. The maximum absolute atomic E-state index is 13.0. The number of benzene rings is 1. The first kappa shape index (κ1) is 25.0. The van der Waals surface area contributed by atoms with Crippen molar-refractivity contribution < 1.29 is 14.6 Å². The minimum Gasteiger partial charge on any atom is -0.389 e. The van der Waals surface area contributed by atoms with E-state index in [1.165, 1.54) is 10.4 Å². The van der Waals surface area contributed by atoms with Crippen LogP contribution >= 0.6 is 11.3 Å². The van der Waals surface area contributed by atoms with Crippen LogP contribution in [0.5, 0.6) is 0 Å². The number of hydrogen-bond acceptors (Lipinski definition) is 8. The molecule has 0 saturated heterocycles. The minimum absolute atomic E-state index is 0.0736. The number of hydrogen-bond donors (Lipinski definition) is 2. The summed E-state index contributed by atoms with van der Waals surface area (Å²) in [5.41, 5.74) is 2.37. The number of thiophene rings is 1. The Morgan fingerprint density at radius 3 is 2.91 bits per heavy atom. The summed E-state index contributed by atoms with van der Waals surface area (Å²) in [4.78, 5) is 27.3. The molecule has 34 heavy (non-hydrogen) atoms. The van der Waals surface area contributed by atoms with Crippen molar-refractivity contribution in [3.05, 3.63) is 62.5 Å². The van der Waals surface area contributed by atoms with Crippen LogP contribution in [0.4, 0.5) is 0 Å². The van der Waals surface area contributed by atoms with Gasteiger partial charge in [-0.05, 0) is 24.5 Å². The standard InChI is InChI=1S/C25H34N4O4S/c1-3-33-17-19(30)14-29(11-12-32-2)16-22-26-24(31)23-20-9-10-28(13-18-7-5-4-6-8-18)15-21(20)34-25(23)27-22/h4-8,19,30H,3,9-17H2,1-2H3,(H,26,27,31)/t19-/m0/s1. The van der Waals surface area contributed by atoms with E-state index in [9.17, 15) is 9.90 Å². The molecule has 0 radical (unpaired) electrons. The van der Waals surface area contributed by atoms with Gasteiger partial charge >= 0.3 is 0 Å². The van der Waals surface area contributed by atoms with Crippen LogP contribution in [-0.4, -0.2) is 77.5 Å². The third kappa shape index (κ3) is 6.29. The van der Waals surface area contributed by atoms with Gasteiger partial charge in [0.25, 0.3) is 5.56 Å². The van der Waals surface area contributed by atoms with Crippen LogP contribution in [-0.2, 0) is 35.5 Å². The van der Waals surface area contributed by atoms with Gasteiger partial charge in [-0.15, -0.1) is 11.3 Å². The first-order chi connectivity index (χ1) is 16.6. The summed E-state index contributed by atoms with van der Waals surface area (Å²) in [6.45, 7) is 7.41. The van der Waals surface area contributed by atoms with Crippen molar-refractivity contribution in [1.82, 2.24) is 19.8 Å². The maximum atomic E-state index is 13.0. The second-order valence-corrected chi connectivity index (χ2v) is 9.77. The Kier molecular flexibility index (Phi) is 8.82. The molecule has 4 rings (SSSR count). The van der Waals surface area contributed by atoms with Gasteiger partial charge in [0.1, 0.15) is 10.7 Å². The van der Waals surface area contributed by atoms with E-state index in [-0.39, 0.29) is 12.2 Å². The average molecular weight is 487 g/mol. The largest absolute Gasteiger partial charge is 0.389 e. The number of aliphatic hydroxyl groups excluding tert-OH is 1. The molecule has 1 atom stereocenters. The molecule has 2 aromatic heterocycles. The molecule has 184 valence electrons. The normalized spacial score (nSPS) is 15.2. The van der Waals surface area contributed by atoms with Gasteiger partial charge in [0.2, 0.25) is 0 Å². The third-order valence-electron chi connectivity index (χ3n) is 6.06. The average Bonchev–Trinajstić information content (AvgIpc) is 3.20. The lowest BCUT2D eigenvalue weighted by Gasteiger charge is -2.26. The van der Waals surface area contributed by atoms with Crippen molar-refractivity contribution >= 4 is 21.6 Å².